The molecule has 8 heteroatoms. The predicted octanol–water partition coefficient (Wildman–Crippen LogP) is -1.28. The molecule has 0 aromatic heterocycles. The van der Waals surface area contributed by atoms with Crippen LogP contribution in [0.25, 0.3) is 0 Å². The maximum absolute atomic E-state index is 10.8. The van der Waals surface area contributed by atoms with Gasteiger partial charge in [0.15, 0.2) is 0 Å². The van der Waals surface area contributed by atoms with Crippen LogP contribution in [0.5, 0.6) is 5.75 Å². The molecule has 0 saturated heterocycles. The first kappa shape index (κ1) is 20.6. The van der Waals surface area contributed by atoms with E-state index in [1.807, 2.05) is 6.07 Å². The number of benzene rings is 1. The van der Waals surface area contributed by atoms with Gasteiger partial charge in [-0.05, 0) is 78.5 Å². The zero-order valence-electron chi connectivity index (χ0n) is 15.1. The van der Waals surface area contributed by atoms with E-state index in [9.17, 15) is 23.2 Å². The monoisotopic (exact) mass is 390 g/mol. The summed E-state index contributed by atoms with van der Waals surface area (Å²) in [5.41, 5.74) is 1.99. The Labute approximate surface area is 176 Å². The largest absolute Gasteiger partial charge is 1.00 e. The van der Waals surface area contributed by atoms with E-state index in [0.717, 1.165) is 31.2 Å². The van der Waals surface area contributed by atoms with Crippen molar-refractivity contribution in [3.63, 3.8) is 0 Å². The third-order valence-electron chi connectivity index (χ3n) is 6.87. The minimum atomic E-state index is -4.76. The molecule has 0 amide bonds. The number of hydrogen-bond acceptors (Lipinski definition) is 6. The summed E-state index contributed by atoms with van der Waals surface area (Å²) in [6.45, 7) is 2.10. The molecule has 6 nitrogen and oxygen atoms in total. The fourth-order valence-electron chi connectivity index (χ4n) is 5.72. The molecular formula is C18H23NaO6S. The van der Waals surface area contributed by atoms with E-state index in [0.29, 0.717) is 24.2 Å². The number of aliphatic hydroxyl groups excluding tert-OH is 2. The van der Waals surface area contributed by atoms with Gasteiger partial charge >= 0.3 is 29.6 Å². The first-order valence-electron chi connectivity index (χ1n) is 8.83. The van der Waals surface area contributed by atoms with Gasteiger partial charge in [-0.2, -0.15) is 0 Å². The van der Waals surface area contributed by atoms with Crippen molar-refractivity contribution in [3.8, 4) is 5.75 Å². The van der Waals surface area contributed by atoms with Gasteiger partial charge in [0.25, 0.3) is 10.4 Å². The maximum atomic E-state index is 10.8. The third kappa shape index (κ3) is 3.36. The van der Waals surface area contributed by atoms with Gasteiger partial charge in [0, 0.05) is 0 Å². The summed E-state index contributed by atoms with van der Waals surface area (Å²) < 4.78 is 36.8. The number of fused-ring (bicyclic) bond motifs is 5. The van der Waals surface area contributed by atoms with Crippen LogP contribution in [0.1, 0.15) is 49.7 Å². The Morgan fingerprint density at radius 2 is 2.00 bits per heavy atom. The first-order chi connectivity index (χ1) is 11.7. The van der Waals surface area contributed by atoms with Crippen LogP contribution in [0.2, 0.25) is 0 Å². The van der Waals surface area contributed by atoms with Gasteiger partial charge in [0.05, 0.1) is 12.2 Å². The number of aryl methyl sites for hydroxylation is 1. The fraction of sp³-hybridized carbons (Fsp3) is 0.667. The van der Waals surface area contributed by atoms with Crippen LogP contribution in [-0.2, 0) is 16.8 Å². The van der Waals surface area contributed by atoms with Gasteiger partial charge in [0.2, 0.25) is 0 Å². The average molecular weight is 390 g/mol. The minimum Gasteiger partial charge on any atom is -0.716 e. The minimum absolute atomic E-state index is 0. The third-order valence-corrected chi connectivity index (χ3v) is 7.27. The van der Waals surface area contributed by atoms with E-state index >= 15 is 0 Å². The quantitative estimate of drug-likeness (QED) is 0.370. The van der Waals surface area contributed by atoms with Crippen molar-refractivity contribution in [1.82, 2.24) is 0 Å². The van der Waals surface area contributed by atoms with Crippen molar-refractivity contribution in [2.45, 2.75) is 57.2 Å². The predicted molar refractivity (Wildman–Crippen MR) is 88.8 cm³/mol. The molecule has 0 unspecified atom stereocenters. The van der Waals surface area contributed by atoms with Crippen molar-refractivity contribution in [2.75, 3.05) is 0 Å². The van der Waals surface area contributed by atoms with Crippen LogP contribution in [0.15, 0.2) is 18.2 Å². The topological polar surface area (TPSA) is 107 Å². The molecule has 2 fully saturated rings. The van der Waals surface area contributed by atoms with Gasteiger partial charge in [-0.3, -0.25) is 0 Å². The maximum Gasteiger partial charge on any atom is 1.00 e. The molecule has 0 bridgehead atoms. The van der Waals surface area contributed by atoms with Crippen LogP contribution in [-0.4, -0.2) is 35.4 Å². The zero-order chi connectivity index (χ0) is 18.0. The van der Waals surface area contributed by atoms with E-state index in [2.05, 4.69) is 11.1 Å². The molecule has 0 radical (unpaired) electrons. The smallest absolute Gasteiger partial charge is 0.716 e. The zero-order valence-corrected chi connectivity index (χ0v) is 17.9. The van der Waals surface area contributed by atoms with Crippen molar-refractivity contribution in [3.05, 3.63) is 29.3 Å². The fourth-order valence-corrected chi connectivity index (χ4v) is 6.06. The van der Waals surface area contributed by atoms with Crippen LogP contribution < -0.4 is 33.7 Å². The van der Waals surface area contributed by atoms with E-state index in [-0.39, 0.29) is 40.7 Å². The molecule has 4 rings (SSSR count). The molecule has 2 N–H and O–H groups in total. The first-order valence-corrected chi connectivity index (χ1v) is 10.2. The van der Waals surface area contributed by atoms with Crippen molar-refractivity contribution in [1.29, 1.82) is 0 Å². The van der Waals surface area contributed by atoms with Gasteiger partial charge in [-0.25, -0.2) is 8.42 Å². The molecule has 1 aromatic rings. The molecule has 3 aliphatic rings. The summed E-state index contributed by atoms with van der Waals surface area (Å²) in [5, 5.41) is 20.6. The Morgan fingerprint density at radius 1 is 1.27 bits per heavy atom. The second-order valence-corrected chi connectivity index (χ2v) is 9.04. The molecule has 1 aromatic carbocycles. The van der Waals surface area contributed by atoms with Crippen molar-refractivity contribution in [2.24, 2.45) is 17.3 Å². The van der Waals surface area contributed by atoms with Gasteiger partial charge < -0.3 is 18.9 Å². The normalized spacial score (nSPS) is 38.5. The second-order valence-electron chi connectivity index (χ2n) is 8.06. The van der Waals surface area contributed by atoms with Crippen molar-refractivity contribution < 1.29 is 56.9 Å². The van der Waals surface area contributed by atoms with Gasteiger partial charge in [-0.15, -0.1) is 0 Å². The van der Waals surface area contributed by atoms with E-state index in [1.54, 1.807) is 12.1 Å². The number of rotatable bonds is 2. The summed E-state index contributed by atoms with van der Waals surface area (Å²) in [7, 11) is -4.76. The molecular weight excluding hydrogens is 367 g/mol. The summed E-state index contributed by atoms with van der Waals surface area (Å²) in [6, 6.07) is 5.08. The van der Waals surface area contributed by atoms with Crippen molar-refractivity contribution >= 4 is 10.4 Å². The summed E-state index contributed by atoms with van der Waals surface area (Å²) in [5.74, 6) is 1.12. The Balaban J connectivity index is 0.00000196. The second kappa shape index (κ2) is 7.03. The van der Waals surface area contributed by atoms with E-state index in [1.165, 1.54) is 5.56 Å². The Morgan fingerprint density at radius 3 is 2.69 bits per heavy atom. The van der Waals surface area contributed by atoms with Gasteiger partial charge in [-0.1, -0.05) is 13.0 Å². The number of aliphatic hydroxyl groups is 2. The Bertz CT molecular complexity index is 797. The van der Waals surface area contributed by atoms with E-state index in [4.69, 9.17) is 0 Å². The van der Waals surface area contributed by atoms with Crippen LogP contribution in [0.3, 0.4) is 0 Å². The molecule has 0 spiro atoms. The van der Waals surface area contributed by atoms with Crippen LogP contribution in [0, 0.1) is 17.3 Å². The molecule has 26 heavy (non-hydrogen) atoms. The number of hydrogen-bond donors (Lipinski definition) is 2. The van der Waals surface area contributed by atoms with E-state index < -0.39 is 22.6 Å². The average Bonchev–Trinajstić information content (AvgIpc) is 2.76. The molecule has 0 aliphatic heterocycles. The molecule has 138 valence electrons. The summed E-state index contributed by atoms with van der Waals surface area (Å²) in [6.07, 6.45) is 2.87. The molecule has 0 heterocycles. The summed E-state index contributed by atoms with van der Waals surface area (Å²) in [4.78, 5) is 0. The molecule has 2 saturated carbocycles. The molecule has 6 atom stereocenters. The van der Waals surface area contributed by atoms with Gasteiger partial charge in [0.1, 0.15) is 5.75 Å². The molecule has 3 aliphatic carbocycles. The SMILES string of the molecule is C[C@]12CC[C@@H]3c4ccc(OS(=O)(=O)[O-])cc4CC[C@H]3[C@@H]1C[C@@H](O)[C@@H]2O.[Na+]. The van der Waals surface area contributed by atoms with Crippen LogP contribution >= 0.6 is 0 Å². The Kier molecular flexibility index (Phi) is 5.56. The van der Waals surface area contributed by atoms with Crippen LogP contribution in [0.4, 0.5) is 0 Å². The standard InChI is InChI=1S/C18H24O6S.Na/c1-18-7-6-13-12-5-3-11(24-25(21,22)23)8-10(12)2-4-14(13)15(18)9-16(19)17(18)20;/h3,5,8,13-17,19-20H,2,4,6-7,9H2,1H3,(H,21,22,23);/q;+1/p-1/t13-,14-,15+,16-,17+,18+;/m1./s1. The summed E-state index contributed by atoms with van der Waals surface area (Å²) >= 11 is 0. The Hall–Kier alpha value is -0.150.